The molecule has 1 aliphatic heterocycles. The molecule has 104 valence electrons. The van der Waals surface area contributed by atoms with E-state index in [4.69, 9.17) is 4.74 Å². The summed E-state index contributed by atoms with van der Waals surface area (Å²) < 4.78 is 9.01. The maximum absolute atomic E-state index is 12.1. The fourth-order valence-electron chi connectivity index (χ4n) is 2.10. The van der Waals surface area contributed by atoms with Crippen molar-refractivity contribution in [2.75, 3.05) is 19.7 Å². The number of aromatic nitrogens is 2. The molecular weight excluding hydrogens is 266 g/mol. The smallest absolute Gasteiger partial charge is 0.309 e. The molecule has 0 saturated carbocycles. The van der Waals surface area contributed by atoms with Gasteiger partial charge >= 0.3 is 5.97 Å². The van der Waals surface area contributed by atoms with Gasteiger partial charge in [0.15, 0.2) is 0 Å². The number of rotatable bonds is 3. The van der Waals surface area contributed by atoms with Crippen LogP contribution < -0.4 is 0 Å². The van der Waals surface area contributed by atoms with Gasteiger partial charge in [-0.3, -0.25) is 9.59 Å². The molecule has 0 aromatic carbocycles. The van der Waals surface area contributed by atoms with Gasteiger partial charge in [0, 0.05) is 13.1 Å². The zero-order valence-corrected chi connectivity index (χ0v) is 11.9. The third-order valence-electron chi connectivity index (χ3n) is 3.11. The van der Waals surface area contributed by atoms with Crippen molar-refractivity contribution in [3.8, 4) is 0 Å². The molecule has 1 aromatic rings. The summed E-state index contributed by atoms with van der Waals surface area (Å²) >= 11 is 1.12. The Bertz CT molecular complexity index is 467. The Kier molecular flexibility index (Phi) is 4.47. The van der Waals surface area contributed by atoms with Gasteiger partial charge < -0.3 is 9.64 Å². The van der Waals surface area contributed by atoms with E-state index in [1.807, 2.05) is 0 Å². The summed E-state index contributed by atoms with van der Waals surface area (Å²) in [7, 11) is 0. The zero-order chi connectivity index (χ0) is 13.8. The van der Waals surface area contributed by atoms with Gasteiger partial charge in [-0.1, -0.05) is 0 Å². The summed E-state index contributed by atoms with van der Waals surface area (Å²) in [6.45, 7) is 5.11. The number of carbonyl (C=O) groups excluding carboxylic acids is 2. The first-order valence-electron chi connectivity index (χ1n) is 6.38. The van der Waals surface area contributed by atoms with Crippen molar-refractivity contribution in [3.05, 3.63) is 10.8 Å². The Hall–Kier alpha value is -1.50. The predicted octanol–water partition coefficient (Wildman–Crippen LogP) is 1.26. The number of ether oxygens (including phenoxy) is 1. The number of carbonyl (C=O) groups is 2. The van der Waals surface area contributed by atoms with Crippen LogP contribution >= 0.6 is 11.5 Å². The van der Waals surface area contributed by atoms with Crippen LogP contribution in [-0.2, 0) is 9.53 Å². The highest BCUT2D eigenvalue weighted by molar-refractivity contribution is 7.07. The van der Waals surface area contributed by atoms with E-state index in [1.54, 1.807) is 18.7 Å². The first-order valence-corrected chi connectivity index (χ1v) is 7.15. The molecule has 0 aliphatic carbocycles. The van der Waals surface area contributed by atoms with Crippen LogP contribution in [-0.4, -0.2) is 45.8 Å². The molecule has 1 aromatic heterocycles. The molecule has 0 radical (unpaired) electrons. The molecule has 0 spiro atoms. The van der Waals surface area contributed by atoms with Crippen LogP contribution in [0.15, 0.2) is 0 Å². The number of likely N-dealkylation sites (tertiary alicyclic amines) is 1. The number of esters is 1. The predicted molar refractivity (Wildman–Crippen MR) is 69.9 cm³/mol. The first-order chi connectivity index (χ1) is 9.11. The summed E-state index contributed by atoms with van der Waals surface area (Å²) in [6, 6.07) is 0. The monoisotopic (exact) mass is 283 g/mol. The molecule has 1 aliphatic rings. The van der Waals surface area contributed by atoms with E-state index < -0.39 is 0 Å². The fourth-order valence-corrected chi connectivity index (χ4v) is 2.74. The highest BCUT2D eigenvalue weighted by atomic mass is 32.1. The lowest BCUT2D eigenvalue weighted by Gasteiger charge is -2.30. The Labute approximate surface area is 115 Å². The van der Waals surface area contributed by atoms with Crippen molar-refractivity contribution < 1.29 is 14.3 Å². The molecule has 0 unspecified atom stereocenters. The molecule has 1 saturated heterocycles. The van der Waals surface area contributed by atoms with E-state index >= 15 is 0 Å². The van der Waals surface area contributed by atoms with Gasteiger partial charge in [0.2, 0.25) is 5.01 Å². The lowest BCUT2D eigenvalue weighted by Crippen LogP contribution is -2.40. The quantitative estimate of drug-likeness (QED) is 0.781. The van der Waals surface area contributed by atoms with E-state index in [9.17, 15) is 9.59 Å². The van der Waals surface area contributed by atoms with Gasteiger partial charge in [-0.2, -0.15) is 4.37 Å². The molecule has 19 heavy (non-hydrogen) atoms. The third kappa shape index (κ3) is 3.28. The largest absolute Gasteiger partial charge is 0.466 e. The summed E-state index contributed by atoms with van der Waals surface area (Å²) in [5.74, 6) is 0.296. The van der Waals surface area contributed by atoms with Gasteiger partial charge in [0.25, 0.3) is 5.91 Å². The van der Waals surface area contributed by atoms with Crippen molar-refractivity contribution >= 4 is 23.4 Å². The average Bonchev–Trinajstić information content (AvgIpc) is 2.85. The second-order valence-corrected chi connectivity index (χ2v) is 5.22. The molecule has 0 atom stereocenters. The standard InChI is InChI=1S/C12H17N3O3S/c1-3-18-12(17)9-4-6-15(7-5-9)11(16)10-13-8(2)14-19-10/h9H,3-7H2,1-2H3. The number of hydrogen-bond acceptors (Lipinski definition) is 6. The molecular formula is C12H17N3O3S. The summed E-state index contributed by atoms with van der Waals surface area (Å²) in [4.78, 5) is 29.6. The summed E-state index contributed by atoms with van der Waals surface area (Å²) in [5.41, 5.74) is 0. The lowest BCUT2D eigenvalue weighted by molar-refractivity contribution is -0.149. The molecule has 0 N–H and O–H groups in total. The molecule has 1 amide bonds. The van der Waals surface area contributed by atoms with Crippen molar-refractivity contribution in [1.82, 2.24) is 14.3 Å². The second-order valence-electron chi connectivity index (χ2n) is 4.47. The number of nitrogens with zero attached hydrogens (tertiary/aromatic N) is 3. The van der Waals surface area contributed by atoms with Crippen LogP contribution in [0.5, 0.6) is 0 Å². The van der Waals surface area contributed by atoms with Crippen LogP contribution in [0.2, 0.25) is 0 Å². The Balaban J connectivity index is 1.89. The molecule has 2 rings (SSSR count). The van der Waals surface area contributed by atoms with Gasteiger partial charge in [0.05, 0.1) is 12.5 Å². The topological polar surface area (TPSA) is 72.4 Å². The summed E-state index contributed by atoms with van der Waals surface area (Å²) in [5, 5.41) is 0.423. The Morgan fingerprint density at radius 1 is 1.42 bits per heavy atom. The lowest BCUT2D eigenvalue weighted by atomic mass is 9.97. The molecule has 1 fully saturated rings. The highest BCUT2D eigenvalue weighted by Gasteiger charge is 2.29. The van der Waals surface area contributed by atoms with Crippen molar-refractivity contribution in [2.24, 2.45) is 5.92 Å². The minimum absolute atomic E-state index is 0.0832. The average molecular weight is 283 g/mol. The number of piperidine rings is 1. The van der Waals surface area contributed by atoms with E-state index in [0.717, 1.165) is 11.5 Å². The molecule has 6 nitrogen and oxygen atoms in total. The van der Waals surface area contributed by atoms with E-state index in [1.165, 1.54) is 0 Å². The second kappa shape index (κ2) is 6.10. The van der Waals surface area contributed by atoms with Crippen LogP contribution in [0.3, 0.4) is 0 Å². The number of amides is 1. The van der Waals surface area contributed by atoms with Gasteiger partial charge in [-0.05, 0) is 38.2 Å². The van der Waals surface area contributed by atoms with Crippen LogP contribution in [0.1, 0.15) is 35.4 Å². The maximum atomic E-state index is 12.1. The Morgan fingerprint density at radius 3 is 2.63 bits per heavy atom. The van der Waals surface area contributed by atoms with Crippen molar-refractivity contribution in [2.45, 2.75) is 26.7 Å². The molecule has 7 heteroatoms. The highest BCUT2D eigenvalue weighted by Crippen LogP contribution is 2.20. The number of aryl methyl sites for hydroxylation is 1. The maximum Gasteiger partial charge on any atom is 0.309 e. The summed E-state index contributed by atoms with van der Waals surface area (Å²) in [6.07, 6.45) is 1.31. The fraction of sp³-hybridized carbons (Fsp3) is 0.667. The van der Waals surface area contributed by atoms with Crippen LogP contribution in [0.25, 0.3) is 0 Å². The van der Waals surface area contributed by atoms with E-state index in [-0.39, 0.29) is 17.8 Å². The number of hydrogen-bond donors (Lipinski definition) is 0. The van der Waals surface area contributed by atoms with Crippen LogP contribution in [0, 0.1) is 12.8 Å². The van der Waals surface area contributed by atoms with Crippen LogP contribution in [0.4, 0.5) is 0 Å². The first kappa shape index (κ1) is 13.9. The van der Waals surface area contributed by atoms with Gasteiger partial charge in [-0.15, -0.1) is 0 Å². The minimum atomic E-state index is -0.152. The van der Waals surface area contributed by atoms with E-state index in [0.29, 0.717) is 43.4 Å². The Morgan fingerprint density at radius 2 is 2.11 bits per heavy atom. The van der Waals surface area contributed by atoms with Gasteiger partial charge in [-0.25, -0.2) is 4.98 Å². The molecule has 2 heterocycles. The SMILES string of the molecule is CCOC(=O)C1CCN(C(=O)c2nc(C)ns2)CC1. The minimum Gasteiger partial charge on any atom is -0.466 e. The zero-order valence-electron chi connectivity index (χ0n) is 11.1. The van der Waals surface area contributed by atoms with Gasteiger partial charge in [0.1, 0.15) is 5.82 Å². The third-order valence-corrected chi connectivity index (χ3v) is 3.91. The van der Waals surface area contributed by atoms with E-state index in [2.05, 4.69) is 9.36 Å². The van der Waals surface area contributed by atoms with Crippen molar-refractivity contribution in [3.63, 3.8) is 0 Å². The van der Waals surface area contributed by atoms with Crippen molar-refractivity contribution in [1.29, 1.82) is 0 Å². The molecule has 0 bridgehead atoms. The normalized spacial score (nSPS) is 16.4.